The molecule has 0 radical (unpaired) electrons. The van der Waals surface area contributed by atoms with Gasteiger partial charge in [-0.3, -0.25) is 4.90 Å². The molecule has 3 rings (SSSR count). The summed E-state index contributed by atoms with van der Waals surface area (Å²) in [6.45, 7) is 4.81. The van der Waals surface area contributed by atoms with Crippen LogP contribution in [0.2, 0.25) is 0 Å². The highest BCUT2D eigenvalue weighted by Gasteiger charge is 2.33. The highest BCUT2D eigenvalue weighted by atomic mass is 16.3. The standard InChI is InChI=1S/C16H26N2O/c1-12-14(10-17)9-15(19-12)11-18-8-4-6-13-5-2-3-7-16(13)18/h9,13,16H,2-8,10-11,17H2,1H3. The number of nitrogens with two attached hydrogens (primary N) is 1. The van der Waals surface area contributed by atoms with Crippen LogP contribution < -0.4 is 5.73 Å². The fourth-order valence-corrected chi connectivity index (χ4v) is 3.99. The smallest absolute Gasteiger partial charge is 0.118 e. The van der Waals surface area contributed by atoms with Gasteiger partial charge in [-0.15, -0.1) is 0 Å². The van der Waals surface area contributed by atoms with Gasteiger partial charge in [-0.1, -0.05) is 12.8 Å². The van der Waals surface area contributed by atoms with Gasteiger partial charge in [0.25, 0.3) is 0 Å². The first kappa shape index (κ1) is 13.2. The van der Waals surface area contributed by atoms with E-state index >= 15 is 0 Å². The third-order valence-electron chi connectivity index (χ3n) is 5.01. The van der Waals surface area contributed by atoms with E-state index in [2.05, 4.69) is 11.0 Å². The molecule has 2 fully saturated rings. The molecule has 2 unspecified atom stereocenters. The molecule has 1 saturated heterocycles. The first-order valence-electron chi connectivity index (χ1n) is 7.80. The zero-order valence-electron chi connectivity index (χ0n) is 12.0. The minimum Gasteiger partial charge on any atom is -0.465 e. The fourth-order valence-electron chi connectivity index (χ4n) is 3.99. The number of piperidine rings is 1. The molecule has 0 bridgehead atoms. The van der Waals surface area contributed by atoms with Crippen molar-refractivity contribution in [2.24, 2.45) is 11.7 Å². The maximum absolute atomic E-state index is 5.87. The number of nitrogens with zero attached hydrogens (tertiary/aromatic N) is 1. The van der Waals surface area contributed by atoms with Crippen molar-refractivity contribution in [1.82, 2.24) is 4.90 Å². The molecule has 1 aliphatic heterocycles. The van der Waals surface area contributed by atoms with Crippen LogP contribution in [-0.2, 0) is 13.1 Å². The van der Waals surface area contributed by atoms with Crippen LogP contribution in [0.1, 0.15) is 55.6 Å². The summed E-state index contributed by atoms with van der Waals surface area (Å²) in [4.78, 5) is 2.66. The third-order valence-corrected chi connectivity index (χ3v) is 5.01. The van der Waals surface area contributed by atoms with E-state index in [-0.39, 0.29) is 0 Å². The van der Waals surface area contributed by atoms with Crippen molar-refractivity contribution >= 4 is 0 Å². The Balaban J connectivity index is 1.70. The monoisotopic (exact) mass is 262 g/mol. The van der Waals surface area contributed by atoms with Crippen molar-refractivity contribution in [2.45, 2.75) is 64.6 Å². The fraction of sp³-hybridized carbons (Fsp3) is 0.750. The summed E-state index contributed by atoms with van der Waals surface area (Å²) in [5.74, 6) is 3.03. The average molecular weight is 262 g/mol. The van der Waals surface area contributed by atoms with Crippen molar-refractivity contribution in [3.05, 3.63) is 23.2 Å². The summed E-state index contributed by atoms with van der Waals surface area (Å²) in [7, 11) is 0. The molecule has 2 N–H and O–H groups in total. The average Bonchev–Trinajstić information content (AvgIpc) is 2.79. The van der Waals surface area contributed by atoms with Gasteiger partial charge in [0.1, 0.15) is 11.5 Å². The minimum atomic E-state index is 0.585. The largest absolute Gasteiger partial charge is 0.465 e. The Bertz CT molecular complexity index is 424. The molecular weight excluding hydrogens is 236 g/mol. The summed E-state index contributed by atoms with van der Waals surface area (Å²) in [5, 5.41) is 0. The highest BCUT2D eigenvalue weighted by molar-refractivity contribution is 5.20. The summed E-state index contributed by atoms with van der Waals surface area (Å²) in [5.41, 5.74) is 6.89. The summed E-state index contributed by atoms with van der Waals surface area (Å²) in [6.07, 6.45) is 8.45. The lowest BCUT2D eigenvalue weighted by atomic mass is 9.78. The lowest BCUT2D eigenvalue weighted by Crippen LogP contribution is -2.46. The Morgan fingerprint density at radius 2 is 2.05 bits per heavy atom. The second kappa shape index (κ2) is 5.68. The Morgan fingerprint density at radius 1 is 1.26 bits per heavy atom. The van der Waals surface area contributed by atoms with E-state index in [1.807, 2.05) is 6.92 Å². The zero-order valence-corrected chi connectivity index (χ0v) is 12.0. The predicted octanol–water partition coefficient (Wildman–Crippen LogP) is 3.20. The van der Waals surface area contributed by atoms with E-state index in [1.165, 1.54) is 45.1 Å². The molecule has 2 atom stereocenters. The zero-order chi connectivity index (χ0) is 13.2. The van der Waals surface area contributed by atoms with Crippen LogP contribution in [0.5, 0.6) is 0 Å². The quantitative estimate of drug-likeness (QED) is 0.909. The summed E-state index contributed by atoms with van der Waals surface area (Å²) >= 11 is 0. The number of rotatable bonds is 3. The Labute approximate surface area is 116 Å². The maximum Gasteiger partial charge on any atom is 0.118 e. The van der Waals surface area contributed by atoms with Crippen LogP contribution >= 0.6 is 0 Å². The van der Waals surface area contributed by atoms with Crippen LogP contribution in [0.15, 0.2) is 10.5 Å². The molecular formula is C16H26N2O. The first-order valence-corrected chi connectivity index (χ1v) is 7.80. The van der Waals surface area contributed by atoms with Gasteiger partial charge in [0.15, 0.2) is 0 Å². The second-order valence-electron chi connectivity index (χ2n) is 6.22. The number of hydrogen-bond acceptors (Lipinski definition) is 3. The molecule has 106 valence electrons. The Morgan fingerprint density at radius 3 is 2.84 bits per heavy atom. The Kier molecular flexibility index (Phi) is 3.94. The molecule has 2 heterocycles. The van der Waals surface area contributed by atoms with E-state index in [0.717, 1.165) is 35.6 Å². The van der Waals surface area contributed by atoms with Gasteiger partial charge in [0, 0.05) is 18.2 Å². The summed E-state index contributed by atoms with van der Waals surface area (Å²) in [6, 6.07) is 2.95. The molecule has 3 nitrogen and oxygen atoms in total. The minimum absolute atomic E-state index is 0.585. The molecule has 1 aromatic rings. The van der Waals surface area contributed by atoms with E-state index < -0.39 is 0 Å². The topological polar surface area (TPSA) is 42.4 Å². The molecule has 2 aliphatic rings. The van der Waals surface area contributed by atoms with Crippen molar-refractivity contribution < 1.29 is 4.42 Å². The van der Waals surface area contributed by atoms with E-state index in [0.29, 0.717) is 6.54 Å². The van der Waals surface area contributed by atoms with Crippen LogP contribution in [-0.4, -0.2) is 17.5 Å². The molecule has 0 spiro atoms. The van der Waals surface area contributed by atoms with Gasteiger partial charge >= 0.3 is 0 Å². The normalized spacial score (nSPS) is 28.3. The maximum atomic E-state index is 5.87. The van der Waals surface area contributed by atoms with E-state index in [4.69, 9.17) is 10.2 Å². The molecule has 1 aromatic heterocycles. The van der Waals surface area contributed by atoms with Crippen LogP contribution in [0.25, 0.3) is 0 Å². The van der Waals surface area contributed by atoms with Gasteiger partial charge < -0.3 is 10.2 Å². The van der Waals surface area contributed by atoms with Gasteiger partial charge in [0.2, 0.25) is 0 Å². The van der Waals surface area contributed by atoms with Crippen molar-refractivity contribution in [2.75, 3.05) is 6.54 Å². The lowest BCUT2D eigenvalue weighted by molar-refractivity contribution is 0.0493. The number of hydrogen-bond donors (Lipinski definition) is 1. The lowest BCUT2D eigenvalue weighted by Gasteiger charge is -2.43. The molecule has 1 aliphatic carbocycles. The molecule has 3 heteroatoms. The first-order chi connectivity index (χ1) is 9.28. The second-order valence-corrected chi connectivity index (χ2v) is 6.22. The van der Waals surface area contributed by atoms with Crippen LogP contribution in [0, 0.1) is 12.8 Å². The SMILES string of the molecule is Cc1oc(CN2CCCC3CCCCC32)cc1CN. The third kappa shape index (κ3) is 2.72. The summed E-state index contributed by atoms with van der Waals surface area (Å²) < 4.78 is 5.87. The van der Waals surface area contributed by atoms with Gasteiger partial charge in [-0.05, 0) is 51.1 Å². The van der Waals surface area contributed by atoms with Crippen molar-refractivity contribution in [3.63, 3.8) is 0 Å². The molecule has 1 saturated carbocycles. The van der Waals surface area contributed by atoms with Gasteiger partial charge in [-0.25, -0.2) is 0 Å². The highest BCUT2D eigenvalue weighted by Crippen LogP contribution is 2.36. The molecule has 19 heavy (non-hydrogen) atoms. The van der Waals surface area contributed by atoms with Crippen molar-refractivity contribution in [1.29, 1.82) is 0 Å². The number of furan rings is 1. The van der Waals surface area contributed by atoms with E-state index in [1.54, 1.807) is 0 Å². The van der Waals surface area contributed by atoms with Gasteiger partial charge in [0.05, 0.1) is 6.54 Å². The molecule has 0 amide bonds. The van der Waals surface area contributed by atoms with Gasteiger partial charge in [-0.2, -0.15) is 0 Å². The molecule has 0 aromatic carbocycles. The number of likely N-dealkylation sites (tertiary alicyclic amines) is 1. The number of fused-ring (bicyclic) bond motifs is 1. The van der Waals surface area contributed by atoms with Crippen molar-refractivity contribution in [3.8, 4) is 0 Å². The van der Waals surface area contributed by atoms with Crippen LogP contribution in [0.3, 0.4) is 0 Å². The van der Waals surface area contributed by atoms with E-state index in [9.17, 15) is 0 Å². The number of aryl methyl sites for hydroxylation is 1. The predicted molar refractivity (Wildman–Crippen MR) is 76.7 cm³/mol. The Hall–Kier alpha value is -0.800. The van der Waals surface area contributed by atoms with Crippen LogP contribution in [0.4, 0.5) is 0 Å².